The number of benzene rings is 1. The van der Waals surface area contributed by atoms with E-state index in [0.29, 0.717) is 0 Å². The van der Waals surface area contributed by atoms with Crippen LogP contribution in [0.5, 0.6) is 0 Å². The summed E-state index contributed by atoms with van der Waals surface area (Å²) >= 11 is 2.91. The van der Waals surface area contributed by atoms with E-state index < -0.39 is 29.0 Å². The average Bonchev–Trinajstić information content (AvgIpc) is 2.36. The first kappa shape index (κ1) is 14.3. The molecule has 3 N–H and O–H groups in total. The lowest BCUT2D eigenvalue weighted by atomic mass is 10.2. The van der Waals surface area contributed by atoms with Crippen LogP contribution in [0.2, 0.25) is 0 Å². The van der Waals surface area contributed by atoms with E-state index in [1.807, 2.05) is 5.32 Å². The Labute approximate surface area is 119 Å². The summed E-state index contributed by atoms with van der Waals surface area (Å²) in [6.45, 7) is 0. The van der Waals surface area contributed by atoms with Gasteiger partial charge in [-0.1, -0.05) is 15.9 Å². The van der Waals surface area contributed by atoms with Crippen LogP contribution >= 0.6 is 15.9 Å². The molecule has 0 atom stereocenters. The van der Waals surface area contributed by atoms with Crippen molar-refractivity contribution >= 4 is 33.3 Å². The van der Waals surface area contributed by atoms with E-state index >= 15 is 0 Å². The molecule has 0 bridgehead atoms. The summed E-state index contributed by atoms with van der Waals surface area (Å²) in [4.78, 5) is 15.3. The van der Waals surface area contributed by atoms with Crippen molar-refractivity contribution in [2.75, 3.05) is 11.1 Å². The quantitative estimate of drug-likeness (QED) is 0.878. The lowest BCUT2D eigenvalue weighted by molar-refractivity contribution is 0.102. The van der Waals surface area contributed by atoms with Crippen LogP contribution in [0.25, 0.3) is 0 Å². The third-order valence-electron chi connectivity index (χ3n) is 2.38. The molecule has 2 aromatic rings. The highest BCUT2D eigenvalue weighted by Gasteiger charge is 2.17. The Kier molecular flexibility index (Phi) is 3.93. The minimum atomic E-state index is -0.979. The Morgan fingerprint density at radius 3 is 2.40 bits per heavy atom. The summed E-state index contributed by atoms with van der Waals surface area (Å²) in [7, 11) is 0. The molecule has 2 rings (SSSR count). The van der Waals surface area contributed by atoms with Crippen molar-refractivity contribution in [1.29, 1.82) is 0 Å². The number of amides is 1. The van der Waals surface area contributed by atoms with E-state index in [1.54, 1.807) is 0 Å². The lowest BCUT2D eigenvalue weighted by Gasteiger charge is -2.09. The molecule has 1 aromatic heterocycles. The third-order valence-corrected chi connectivity index (χ3v) is 2.83. The topological polar surface area (TPSA) is 68.0 Å². The number of halogens is 4. The van der Waals surface area contributed by atoms with Gasteiger partial charge >= 0.3 is 0 Å². The van der Waals surface area contributed by atoms with Crippen LogP contribution in [0.15, 0.2) is 28.9 Å². The first-order chi connectivity index (χ1) is 9.38. The SMILES string of the molecule is Nc1ncc(F)cc1C(=O)Nc1c(F)cc(Br)cc1F. The Balaban J connectivity index is 2.35. The number of anilines is 2. The molecule has 0 aliphatic rings. The third kappa shape index (κ3) is 2.90. The highest BCUT2D eigenvalue weighted by molar-refractivity contribution is 9.10. The largest absolute Gasteiger partial charge is 0.383 e. The van der Waals surface area contributed by atoms with Crippen LogP contribution in [0, 0.1) is 17.5 Å². The van der Waals surface area contributed by atoms with Gasteiger partial charge < -0.3 is 11.1 Å². The summed E-state index contributed by atoms with van der Waals surface area (Å²) in [5, 5.41) is 1.99. The Bertz CT molecular complexity index is 671. The predicted octanol–water partition coefficient (Wildman–Crippen LogP) is 3.10. The van der Waals surface area contributed by atoms with Gasteiger partial charge in [-0.15, -0.1) is 0 Å². The molecule has 0 radical (unpaired) electrons. The van der Waals surface area contributed by atoms with Crippen molar-refractivity contribution in [3.63, 3.8) is 0 Å². The molecular formula is C12H7BrF3N3O. The van der Waals surface area contributed by atoms with Gasteiger partial charge in [-0.25, -0.2) is 18.2 Å². The first-order valence-corrected chi connectivity index (χ1v) is 6.04. The molecule has 20 heavy (non-hydrogen) atoms. The summed E-state index contributed by atoms with van der Waals surface area (Å²) < 4.78 is 40.3. The lowest BCUT2D eigenvalue weighted by Crippen LogP contribution is -2.17. The van der Waals surface area contributed by atoms with E-state index in [2.05, 4.69) is 20.9 Å². The maximum Gasteiger partial charge on any atom is 0.259 e. The van der Waals surface area contributed by atoms with Gasteiger partial charge in [-0.2, -0.15) is 0 Å². The molecule has 1 aromatic carbocycles. The number of nitrogens with zero attached hydrogens (tertiary/aromatic N) is 1. The van der Waals surface area contributed by atoms with E-state index in [-0.39, 0.29) is 15.9 Å². The van der Waals surface area contributed by atoms with Gasteiger partial charge in [0.25, 0.3) is 5.91 Å². The zero-order valence-electron chi connectivity index (χ0n) is 9.75. The van der Waals surface area contributed by atoms with Crippen LogP contribution in [0.1, 0.15) is 10.4 Å². The van der Waals surface area contributed by atoms with Crippen LogP contribution in [-0.2, 0) is 0 Å². The number of hydrogen-bond acceptors (Lipinski definition) is 3. The zero-order valence-corrected chi connectivity index (χ0v) is 11.3. The summed E-state index contributed by atoms with van der Waals surface area (Å²) in [5.74, 6) is -3.96. The fraction of sp³-hybridized carbons (Fsp3) is 0. The molecule has 4 nitrogen and oxygen atoms in total. The van der Waals surface area contributed by atoms with E-state index in [9.17, 15) is 18.0 Å². The molecule has 0 saturated heterocycles. The highest BCUT2D eigenvalue weighted by Crippen LogP contribution is 2.24. The molecule has 1 heterocycles. The van der Waals surface area contributed by atoms with Crippen molar-refractivity contribution < 1.29 is 18.0 Å². The van der Waals surface area contributed by atoms with E-state index in [4.69, 9.17) is 5.73 Å². The number of carbonyl (C=O) groups is 1. The molecule has 0 spiro atoms. The van der Waals surface area contributed by atoms with Gasteiger partial charge in [0.2, 0.25) is 0 Å². The number of nitrogens with two attached hydrogens (primary N) is 1. The Morgan fingerprint density at radius 2 is 1.80 bits per heavy atom. The summed E-state index contributed by atoms with van der Waals surface area (Å²) in [6, 6.07) is 2.78. The van der Waals surface area contributed by atoms with Gasteiger partial charge in [0.1, 0.15) is 17.3 Å². The average molecular weight is 346 g/mol. The van der Waals surface area contributed by atoms with Crippen molar-refractivity contribution in [2.24, 2.45) is 0 Å². The Hall–Kier alpha value is -2.09. The normalized spacial score (nSPS) is 10.4. The zero-order chi connectivity index (χ0) is 14.9. The first-order valence-electron chi connectivity index (χ1n) is 5.25. The van der Waals surface area contributed by atoms with E-state index in [1.165, 1.54) is 0 Å². The molecule has 0 saturated carbocycles. The second-order valence-electron chi connectivity index (χ2n) is 3.78. The number of nitrogen functional groups attached to an aromatic ring is 1. The molecule has 0 aliphatic heterocycles. The number of carbonyl (C=O) groups excluding carboxylic acids is 1. The van der Waals surface area contributed by atoms with Crippen molar-refractivity contribution in [3.05, 3.63) is 51.9 Å². The maximum absolute atomic E-state index is 13.6. The van der Waals surface area contributed by atoms with E-state index in [0.717, 1.165) is 24.4 Å². The minimum Gasteiger partial charge on any atom is -0.383 e. The van der Waals surface area contributed by atoms with Gasteiger partial charge in [0, 0.05) is 4.47 Å². The van der Waals surface area contributed by atoms with Gasteiger partial charge in [0.05, 0.1) is 11.8 Å². The standard InChI is InChI=1S/C12H7BrF3N3O/c13-5-1-8(15)10(9(16)2-5)19-12(20)7-3-6(14)4-18-11(7)17/h1-4H,(H2,17,18)(H,19,20). The predicted molar refractivity (Wildman–Crippen MR) is 70.6 cm³/mol. The Morgan fingerprint density at radius 1 is 1.20 bits per heavy atom. The number of aromatic nitrogens is 1. The molecule has 104 valence electrons. The summed E-state index contributed by atoms with van der Waals surface area (Å²) in [6.07, 6.45) is 0.826. The van der Waals surface area contributed by atoms with Gasteiger partial charge in [-0.3, -0.25) is 4.79 Å². The second kappa shape index (κ2) is 5.49. The van der Waals surface area contributed by atoms with Crippen molar-refractivity contribution in [2.45, 2.75) is 0 Å². The minimum absolute atomic E-state index is 0.178. The molecular weight excluding hydrogens is 339 g/mol. The van der Waals surface area contributed by atoms with Gasteiger partial charge in [0.15, 0.2) is 11.6 Å². The van der Waals surface area contributed by atoms with Crippen molar-refractivity contribution in [3.8, 4) is 0 Å². The number of rotatable bonds is 2. The van der Waals surface area contributed by atoms with Crippen LogP contribution in [-0.4, -0.2) is 10.9 Å². The highest BCUT2D eigenvalue weighted by atomic mass is 79.9. The number of nitrogens with one attached hydrogen (secondary N) is 1. The molecule has 0 aliphatic carbocycles. The molecule has 0 fully saturated rings. The number of hydrogen-bond donors (Lipinski definition) is 2. The smallest absolute Gasteiger partial charge is 0.259 e. The molecule has 1 amide bonds. The number of pyridine rings is 1. The van der Waals surface area contributed by atoms with Crippen LogP contribution in [0.4, 0.5) is 24.7 Å². The summed E-state index contributed by atoms with van der Waals surface area (Å²) in [5.41, 5.74) is 4.45. The molecule has 8 heteroatoms. The van der Waals surface area contributed by atoms with Crippen LogP contribution in [0.3, 0.4) is 0 Å². The fourth-order valence-corrected chi connectivity index (χ4v) is 1.88. The van der Waals surface area contributed by atoms with Crippen molar-refractivity contribution in [1.82, 2.24) is 4.98 Å². The monoisotopic (exact) mass is 345 g/mol. The van der Waals surface area contributed by atoms with Crippen LogP contribution < -0.4 is 11.1 Å². The maximum atomic E-state index is 13.6. The van der Waals surface area contributed by atoms with Gasteiger partial charge in [-0.05, 0) is 18.2 Å². The molecule has 0 unspecified atom stereocenters. The fourth-order valence-electron chi connectivity index (χ4n) is 1.47. The second-order valence-corrected chi connectivity index (χ2v) is 4.70.